The smallest absolute Gasteiger partial charge is 0.165 e. The highest BCUT2D eigenvalue weighted by Gasteiger charge is 2.26. The van der Waals surface area contributed by atoms with E-state index in [0.717, 1.165) is 38.8 Å². The molecule has 0 fully saturated rings. The fourth-order valence-corrected chi connectivity index (χ4v) is 7.86. The molecule has 0 aliphatic carbocycles. The van der Waals surface area contributed by atoms with Gasteiger partial charge in [0.1, 0.15) is 5.52 Å². The van der Waals surface area contributed by atoms with Gasteiger partial charge in [0.15, 0.2) is 5.65 Å². The Bertz CT molecular complexity index is 3000. The lowest BCUT2D eigenvalue weighted by molar-refractivity contribution is 1.18. The summed E-state index contributed by atoms with van der Waals surface area (Å²) in [6.07, 6.45) is 0. The summed E-state index contributed by atoms with van der Waals surface area (Å²) in [7, 11) is 0. The Kier molecular flexibility index (Phi) is 4.55. The molecule has 11 rings (SSSR count). The van der Waals surface area contributed by atoms with E-state index in [9.17, 15) is 0 Å². The third kappa shape index (κ3) is 3.03. The third-order valence-corrected chi connectivity index (χ3v) is 9.81. The number of benzene rings is 7. The minimum absolute atomic E-state index is 0.903. The Morgan fingerprint density at radius 1 is 0.435 bits per heavy atom. The average Bonchev–Trinajstić information content (AvgIpc) is 3.75. The van der Waals surface area contributed by atoms with Crippen LogP contribution in [0.25, 0.3) is 98.8 Å². The maximum atomic E-state index is 5.25. The van der Waals surface area contributed by atoms with Crippen LogP contribution in [0.3, 0.4) is 0 Å². The molecule has 4 heterocycles. The van der Waals surface area contributed by atoms with Crippen molar-refractivity contribution in [2.75, 3.05) is 0 Å². The van der Waals surface area contributed by atoms with Gasteiger partial charge in [-0.15, -0.1) is 0 Å². The molecular formula is C42H24N4. The molecule has 0 saturated heterocycles. The van der Waals surface area contributed by atoms with Gasteiger partial charge >= 0.3 is 0 Å². The maximum Gasteiger partial charge on any atom is 0.165 e. The molecule has 4 aromatic heterocycles. The molecule has 0 amide bonds. The van der Waals surface area contributed by atoms with E-state index in [1.165, 1.54) is 60.0 Å². The fraction of sp³-hybridized carbons (Fsp3) is 0. The minimum atomic E-state index is 0.903. The SMILES string of the molecule is c1ccc(-c2ccc(-n3c4ccccc4c4c5c6c7ccccc7ccc6n6c7nc8ccccc8nc7c(cc43)c56)cc2)cc1. The summed E-state index contributed by atoms with van der Waals surface area (Å²) in [5.74, 6) is 0. The van der Waals surface area contributed by atoms with Crippen LogP contribution in [0, 0.1) is 0 Å². The Labute approximate surface area is 262 Å². The van der Waals surface area contributed by atoms with E-state index in [1.807, 2.05) is 12.1 Å². The average molecular weight is 585 g/mol. The van der Waals surface area contributed by atoms with Crippen LogP contribution in [0.4, 0.5) is 0 Å². The first kappa shape index (κ1) is 24.1. The molecule has 212 valence electrons. The van der Waals surface area contributed by atoms with Gasteiger partial charge in [0.25, 0.3) is 0 Å². The number of rotatable bonds is 2. The van der Waals surface area contributed by atoms with E-state index in [1.54, 1.807) is 0 Å². The van der Waals surface area contributed by atoms with Crippen LogP contribution in [0.5, 0.6) is 0 Å². The molecule has 0 aliphatic heterocycles. The van der Waals surface area contributed by atoms with Crippen molar-refractivity contribution in [3.8, 4) is 16.8 Å². The van der Waals surface area contributed by atoms with Gasteiger partial charge in [0.05, 0.1) is 33.1 Å². The van der Waals surface area contributed by atoms with Crippen molar-refractivity contribution in [2.24, 2.45) is 0 Å². The molecule has 4 nitrogen and oxygen atoms in total. The summed E-state index contributed by atoms with van der Waals surface area (Å²) in [5, 5.41) is 8.65. The highest BCUT2D eigenvalue weighted by molar-refractivity contribution is 6.38. The zero-order valence-corrected chi connectivity index (χ0v) is 24.6. The van der Waals surface area contributed by atoms with Crippen LogP contribution in [-0.4, -0.2) is 18.9 Å². The first-order chi connectivity index (χ1) is 22.8. The highest BCUT2D eigenvalue weighted by Crippen LogP contribution is 2.47. The monoisotopic (exact) mass is 584 g/mol. The van der Waals surface area contributed by atoms with Crippen LogP contribution in [0.15, 0.2) is 146 Å². The maximum absolute atomic E-state index is 5.25. The molecule has 0 aliphatic rings. The van der Waals surface area contributed by atoms with Crippen LogP contribution in [0.2, 0.25) is 0 Å². The van der Waals surface area contributed by atoms with Gasteiger partial charge in [-0.05, 0) is 64.4 Å². The molecule has 4 heteroatoms. The summed E-state index contributed by atoms with van der Waals surface area (Å²) >= 11 is 0. The second kappa shape index (κ2) is 8.68. The predicted octanol–water partition coefficient (Wildman–Crippen LogP) is 10.7. The number of aromatic nitrogens is 4. The Morgan fingerprint density at radius 2 is 1.11 bits per heavy atom. The van der Waals surface area contributed by atoms with E-state index in [0.29, 0.717) is 0 Å². The summed E-state index contributed by atoms with van der Waals surface area (Å²) in [6, 6.07) is 52.1. The summed E-state index contributed by atoms with van der Waals surface area (Å²) in [4.78, 5) is 10.5. The number of hydrogen-bond acceptors (Lipinski definition) is 2. The van der Waals surface area contributed by atoms with Crippen LogP contribution in [0.1, 0.15) is 0 Å². The molecule has 0 N–H and O–H groups in total. The zero-order chi connectivity index (χ0) is 29.9. The van der Waals surface area contributed by atoms with Gasteiger partial charge in [-0.25, -0.2) is 9.97 Å². The van der Waals surface area contributed by atoms with Crippen molar-refractivity contribution >= 4 is 82.0 Å². The molecular weight excluding hydrogens is 560 g/mol. The summed E-state index contributed by atoms with van der Waals surface area (Å²) < 4.78 is 4.79. The third-order valence-electron chi connectivity index (χ3n) is 9.81. The molecule has 0 atom stereocenters. The Morgan fingerprint density at radius 3 is 1.96 bits per heavy atom. The van der Waals surface area contributed by atoms with Crippen molar-refractivity contribution in [1.29, 1.82) is 0 Å². The molecule has 0 spiro atoms. The largest absolute Gasteiger partial charge is 0.309 e. The molecule has 0 saturated carbocycles. The van der Waals surface area contributed by atoms with Gasteiger partial charge in [-0.3, -0.25) is 4.40 Å². The first-order valence-corrected chi connectivity index (χ1v) is 15.7. The Balaban J connectivity index is 1.37. The lowest BCUT2D eigenvalue weighted by Gasteiger charge is -2.10. The van der Waals surface area contributed by atoms with Crippen LogP contribution < -0.4 is 0 Å². The van der Waals surface area contributed by atoms with Crippen LogP contribution in [-0.2, 0) is 0 Å². The quantitative estimate of drug-likeness (QED) is 0.203. The van der Waals surface area contributed by atoms with Crippen molar-refractivity contribution in [3.05, 3.63) is 146 Å². The van der Waals surface area contributed by atoms with E-state index < -0.39 is 0 Å². The first-order valence-electron chi connectivity index (χ1n) is 15.7. The van der Waals surface area contributed by atoms with Crippen molar-refractivity contribution in [1.82, 2.24) is 18.9 Å². The number of para-hydroxylation sites is 3. The topological polar surface area (TPSA) is 35.1 Å². The van der Waals surface area contributed by atoms with E-state index in [4.69, 9.17) is 9.97 Å². The van der Waals surface area contributed by atoms with Gasteiger partial charge in [0, 0.05) is 32.6 Å². The van der Waals surface area contributed by atoms with E-state index >= 15 is 0 Å². The van der Waals surface area contributed by atoms with E-state index in [2.05, 4.69) is 142 Å². The molecule has 46 heavy (non-hydrogen) atoms. The lowest BCUT2D eigenvalue weighted by Crippen LogP contribution is -1.94. The second-order valence-electron chi connectivity index (χ2n) is 12.2. The van der Waals surface area contributed by atoms with Crippen molar-refractivity contribution in [3.63, 3.8) is 0 Å². The van der Waals surface area contributed by atoms with Crippen LogP contribution >= 0.6 is 0 Å². The van der Waals surface area contributed by atoms with Gasteiger partial charge in [-0.1, -0.05) is 103 Å². The minimum Gasteiger partial charge on any atom is -0.309 e. The molecule has 0 radical (unpaired) electrons. The van der Waals surface area contributed by atoms with Gasteiger partial charge in [-0.2, -0.15) is 0 Å². The van der Waals surface area contributed by atoms with Gasteiger partial charge < -0.3 is 4.57 Å². The summed E-state index contributed by atoms with van der Waals surface area (Å²) in [5.41, 5.74) is 11.9. The Hall–Kier alpha value is -6.26. The molecule has 0 bridgehead atoms. The summed E-state index contributed by atoms with van der Waals surface area (Å²) in [6.45, 7) is 0. The second-order valence-corrected chi connectivity index (χ2v) is 12.2. The van der Waals surface area contributed by atoms with Crippen molar-refractivity contribution in [2.45, 2.75) is 0 Å². The molecule has 11 aromatic rings. The standard InChI is InChI=1S/C42H24N4/c1-2-10-25(11-3-1)26-18-21-28(22-19-26)45-34-17-9-6-14-30(34)38-36(45)24-31-40-42(44-33-16-8-7-15-32(33)43-40)46-35-23-20-27-12-4-5-13-29(27)37(35)39(38)41(31)46/h1-24H. The number of fused-ring (bicyclic) bond motifs is 13. The molecule has 0 unspecified atom stereocenters. The van der Waals surface area contributed by atoms with E-state index in [-0.39, 0.29) is 0 Å². The zero-order valence-electron chi connectivity index (χ0n) is 24.6. The number of nitrogens with zero attached hydrogens (tertiary/aromatic N) is 4. The van der Waals surface area contributed by atoms with Crippen molar-refractivity contribution < 1.29 is 0 Å². The number of hydrogen-bond donors (Lipinski definition) is 0. The normalized spacial score (nSPS) is 12.3. The predicted molar refractivity (Wildman–Crippen MR) is 191 cm³/mol. The van der Waals surface area contributed by atoms with Gasteiger partial charge in [0.2, 0.25) is 0 Å². The highest BCUT2D eigenvalue weighted by atomic mass is 15.0. The fourth-order valence-electron chi connectivity index (χ4n) is 7.86. The lowest BCUT2D eigenvalue weighted by atomic mass is 9.99. The molecule has 7 aromatic carbocycles.